The van der Waals surface area contributed by atoms with Gasteiger partial charge in [-0.3, -0.25) is 9.59 Å². The van der Waals surface area contributed by atoms with Crippen molar-refractivity contribution in [3.8, 4) is 5.75 Å². The van der Waals surface area contributed by atoms with Crippen LogP contribution in [-0.4, -0.2) is 60.1 Å². The van der Waals surface area contributed by atoms with Crippen LogP contribution in [-0.2, 0) is 9.59 Å². The lowest BCUT2D eigenvalue weighted by Crippen LogP contribution is -2.55. The zero-order chi connectivity index (χ0) is 19.5. The van der Waals surface area contributed by atoms with Gasteiger partial charge in [0.2, 0.25) is 0 Å². The van der Waals surface area contributed by atoms with Crippen LogP contribution >= 0.6 is 0 Å². The molecule has 2 amide bonds. The molecule has 0 saturated carbocycles. The van der Waals surface area contributed by atoms with E-state index in [2.05, 4.69) is 0 Å². The van der Waals surface area contributed by atoms with E-state index in [9.17, 15) is 22.8 Å². The molecule has 1 aromatic carbocycles. The average Bonchev–Trinajstić information content (AvgIpc) is 2.60. The number of halogens is 3. The third-order valence-electron chi connectivity index (χ3n) is 4.31. The number of benzene rings is 1. The summed E-state index contributed by atoms with van der Waals surface area (Å²) in [6, 6.07) is 7.43. The van der Waals surface area contributed by atoms with Gasteiger partial charge in [-0.1, -0.05) is 32.0 Å². The van der Waals surface area contributed by atoms with Gasteiger partial charge < -0.3 is 14.5 Å². The molecule has 0 aliphatic carbocycles. The number of hydrogen-bond acceptors (Lipinski definition) is 3. The average molecular weight is 372 g/mol. The second-order valence-electron chi connectivity index (χ2n) is 6.57. The Morgan fingerprint density at radius 2 is 1.54 bits per heavy atom. The van der Waals surface area contributed by atoms with Crippen molar-refractivity contribution >= 4 is 11.8 Å². The van der Waals surface area contributed by atoms with Crippen LogP contribution in [0, 0.1) is 0 Å². The number of amides is 2. The molecule has 1 unspecified atom stereocenters. The molecule has 144 valence electrons. The third-order valence-corrected chi connectivity index (χ3v) is 4.31. The van der Waals surface area contributed by atoms with Crippen LogP contribution in [0.2, 0.25) is 0 Å². The molecule has 1 aliphatic heterocycles. The molecule has 5 nitrogen and oxygen atoms in total. The maximum absolute atomic E-state index is 12.5. The molecule has 1 aromatic rings. The number of nitrogens with zero attached hydrogens (tertiary/aromatic N) is 2. The SMILES string of the molecule is CC(Oc1ccccc1C(C)C)C(=O)N1CCN(C(=O)C(F)(F)F)CC1. The molecule has 1 saturated heterocycles. The van der Waals surface area contributed by atoms with Gasteiger partial charge in [-0.25, -0.2) is 0 Å². The summed E-state index contributed by atoms with van der Waals surface area (Å²) in [4.78, 5) is 25.9. The van der Waals surface area contributed by atoms with Gasteiger partial charge in [-0.15, -0.1) is 0 Å². The van der Waals surface area contributed by atoms with Gasteiger partial charge in [-0.2, -0.15) is 13.2 Å². The van der Waals surface area contributed by atoms with Crippen LogP contribution < -0.4 is 4.74 Å². The predicted octanol–water partition coefficient (Wildman–Crippen LogP) is 2.81. The van der Waals surface area contributed by atoms with E-state index < -0.39 is 18.2 Å². The van der Waals surface area contributed by atoms with Gasteiger partial charge >= 0.3 is 12.1 Å². The lowest BCUT2D eigenvalue weighted by molar-refractivity contribution is -0.187. The minimum atomic E-state index is -4.89. The van der Waals surface area contributed by atoms with E-state index in [-0.39, 0.29) is 38.0 Å². The first-order chi connectivity index (χ1) is 12.1. The summed E-state index contributed by atoms with van der Waals surface area (Å²) in [6.45, 7) is 5.49. The van der Waals surface area contributed by atoms with Gasteiger partial charge in [0.25, 0.3) is 5.91 Å². The van der Waals surface area contributed by atoms with Crippen molar-refractivity contribution in [2.24, 2.45) is 0 Å². The highest BCUT2D eigenvalue weighted by atomic mass is 19.4. The molecule has 1 fully saturated rings. The van der Waals surface area contributed by atoms with Crippen LogP contribution in [0.5, 0.6) is 5.75 Å². The van der Waals surface area contributed by atoms with Crippen molar-refractivity contribution < 1.29 is 27.5 Å². The standard InChI is InChI=1S/C18H23F3N2O3/c1-12(2)14-6-4-5-7-15(14)26-13(3)16(24)22-8-10-23(11-9-22)17(25)18(19,20)21/h4-7,12-13H,8-11H2,1-3H3. The minimum absolute atomic E-state index is 0.0557. The first-order valence-electron chi connectivity index (χ1n) is 8.51. The topological polar surface area (TPSA) is 49.9 Å². The van der Waals surface area contributed by atoms with E-state index in [0.29, 0.717) is 5.75 Å². The Labute approximate surface area is 150 Å². The number of hydrogen-bond donors (Lipinski definition) is 0. The molecular formula is C18H23F3N2O3. The van der Waals surface area contributed by atoms with E-state index in [1.807, 2.05) is 32.0 Å². The molecule has 0 spiro atoms. The van der Waals surface area contributed by atoms with Crippen LogP contribution in [0.1, 0.15) is 32.3 Å². The maximum Gasteiger partial charge on any atom is 0.471 e. The molecule has 2 rings (SSSR count). The Morgan fingerprint density at radius 3 is 2.08 bits per heavy atom. The van der Waals surface area contributed by atoms with E-state index in [4.69, 9.17) is 4.74 Å². The maximum atomic E-state index is 12.5. The summed E-state index contributed by atoms with van der Waals surface area (Å²) in [5.74, 6) is -1.32. The smallest absolute Gasteiger partial charge is 0.471 e. The fraction of sp³-hybridized carbons (Fsp3) is 0.556. The monoisotopic (exact) mass is 372 g/mol. The Bertz CT molecular complexity index is 653. The van der Waals surface area contributed by atoms with Gasteiger partial charge in [0.05, 0.1) is 0 Å². The summed E-state index contributed by atoms with van der Waals surface area (Å²) in [6.07, 6.45) is -5.65. The summed E-state index contributed by atoms with van der Waals surface area (Å²) in [7, 11) is 0. The van der Waals surface area contributed by atoms with Gasteiger partial charge in [-0.05, 0) is 24.5 Å². The minimum Gasteiger partial charge on any atom is -0.481 e. The van der Waals surface area contributed by atoms with Crippen LogP contribution in [0.3, 0.4) is 0 Å². The number of rotatable bonds is 4. The van der Waals surface area contributed by atoms with Gasteiger partial charge in [0, 0.05) is 26.2 Å². The summed E-state index contributed by atoms with van der Waals surface area (Å²) < 4.78 is 43.2. The number of piperazine rings is 1. The van der Waals surface area contributed by atoms with Gasteiger partial charge in [0.15, 0.2) is 6.10 Å². The van der Waals surface area contributed by atoms with Crippen molar-refractivity contribution in [2.45, 2.75) is 39.0 Å². The summed E-state index contributed by atoms with van der Waals surface area (Å²) in [5, 5.41) is 0. The van der Waals surface area contributed by atoms with Crippen LogP contribution in [0.4, 0.5) is 13.2 Å². The largest absolute Gasteiger partial charge is 0.481 e. The highest BCUT2D eigenvalue weighted by Gasteiger charge is 2.43. The number of ether oxygens (including phenoxy) is 1. The fourth-order valence-corrected chi connectivity index (χ4v) is 2.87. The zero-order valence-electron chi connectivity index (χ0n) is 15.0. The lowest BCUT2D eigenvalue weighted by Gasteiger charge is -2.36. The zero-order valence-corrected chi connectivity index (χ0v) is 15.0. The van der Waals surface area contributed by atoms with E-state index in [1.54, 1.807) is 13.0 Å². The second kappa shape index (κ2) is 7.97. The molecule has 8 heteroatoms. The molecule has 26 heavy (non-hydrogen) atoms. The van der Waals surface area contributed by atoms with Crippen LogP contribution in [0.15, 0.2) is 24.3 Å². The van der Waals surface area contributed by atoms with Crippen molar-refractivity contribution in [1.82, 2.24) is 9.80 Å². The van der Waals surface area contributed by atoms with Crippen molar-refractivity contribution in [2.75, 3.05) is 26.2 Å². The molecule has 1 heterocycles. The van der Waals surface area contributed by atoms with E-state index >= 15 is 0 Å². The Hall–Kier alpha value is -2.25. The van der Waals surface area contributed by atoms with Crippen molar-refractivity contribution in [3.05, 3.63) is 29.8 Å². The second-order valence-corrected chi connectivity index (χ2v) is 6.57. The van der Waals surface area contributed by atoms with Crippen LogP contribution in [0.25, 0.3) is 0 Å². The molecule has 1 aliphatic rings. The lowest BCUT2D eigenvalue weighted by atomic mass is 10.0. The molecule has 0 N–H and O–H groups in total. The molecule has 1 atom stereocenters. The molecular weight excluding hydrogens is 349 g/mol. The predicted molar refractivity (Wildman–Crippen MR) is 89.8 cm³/mol. The summed E-state index contributed by atoms with van der Waals surface area (Å²) in [5.41, 5.74) is 0.979. The normalized spacial score (nSPS) is 16.6. The number of alkyl halides is 3. The summed E-state index contributed by atoms with van der Waals surface area (Å²) >= 11 is 0. The van der Waals surface area contributed by atoms with E-state index in [0.717, 1.165) is 10.5 Å². The first kappa shape index (κ1) is 20.1. The Kier molecular flexibility index (Phi) is 6.15. The van der Waals surface area contributed by atoms with Crippen molar-refractivity contribution in [1.29, 1.82) is 0 Å². The number of carbonyl (C=O) groups excluding carboxylic acids is 2. The quantitative estimate of drug-likeness (QED) is 0.817. The van der Waals surface area contributed by atoms with Crippen molar-refractivity contribution in [3.63, 3.8) is 0 Å². The van der Waals surface area contributed by atoms with E-state index in [1.165, 1.54) is 4.90 Å². The van der Waals surface area contributed by atoms with Gasteiger partial charge in [0.1, 0.15) is 5.75 Å². The Morgan fingerprint density at radius 1 is 1.00 bits per heavy atom. The molecule has 0 bridgehead atoms. The molecule has 0 aromatic heterocycles. The number of carbonyl (C=O) groups is 2. The first-order valence-corrected chi connectivity index (χ1v) is 8.51. The Balaban J connectivity index is 1.95. The molecule has 0 radical (unpaired) electrons. The highest BCUT2D eigenvalue weighted by molar-refractivity contribution is 5.83. The fourth-order valence-electron chi connectivity index (χ4n) is 2.87. The number of para-hydroxylation sites is 1. The third kappa shape index (κ3) is 4.68. The highest BCUT2D eigenvalue weighted by Crippen LogP contribution is 2.27.